The summed E-state index contributed by atoms with van der Waals surface area (Å²) in [7, 11) is 0. The first kappa shape index (κ1) is 18.5. The number of hydrogen-bond donors (Lipinski definition) is 0. The molecule has 0 unspecified atom stereocenters. The van der Waals surface area contributed by atoms with Crippen molar-refractivity contribution >= 4 is 23.2 Å². The highest BCUT2D eigenvalue weighted by atomic mass is 35.5. The van der Waals surface area contributed by atoms with E-state index in [1.54, 1.807) is 18.2 Å². The van der Waals surface area contributed by atoms with Crippen LogP contribution in [-0.2, 0) is 19.1 Å². The van der Waals surface area contributed by atoms with Crippen LogP contribution in [0.15, 0.2) is 45.8 Å². The lowest BCUT2D eigenvalue weighted by molar-refractivity contribution is -0.159. The summed E-state index contributed by atoms with van der Waals surface area (Å²) in [6.45, 7) is 0.358. The molecular formula is C16H10Cl2F3N3O2. The van der Waals surface area contributed by atoms with Gasteiger partial charge in [-0.3, -0.25) is 4.79 Å². The van der Waals surface area contributed by atoms with Crippen LogP contribution in [-0.4, -0.2) is 14.7 Å². The minimum Gasteiger partial charge on any atom is -0.329 e. The van der Waals surface area contributed by atoms with Crippen molar-refractivity contribution in [3.05, 3.63) is 68.4 Å². The second-order valence-corrected chi connectivity index (χ2v) is 6.18. The normalized spacial score (nSPS) is 11.7. The summed E-state index contributed by atoms with van der Waals surface area (Å²) in [5.74, 6) is -1.76. The van der Waals surface area contributed by atoms with Crippen molar-refractivity contribution in [2.24, 2.45) is 0 Å². The quantitative estimate of drug-likeness (QED) is 0.644. The summed E-state index contributed by atoms with van der Waals surface area (Å²) < 4.78 is 43.1. The Labute approximate surface area is 155 Å². The van der Waals surface area contributed by atoms with Gasteiger partial charge in [0, 0.05) is 24.4 Å². The lowest BCUT2D eigenvalue weighted by Crippen LogP contribution is -2.19. The van der Waals surface area contributed by atoms with E-state index in [1.165, 1.54) is 16.8 Å². The number of aryl methyl sites for hydroxylation is 2. The number of alkyl halides is 3. The molecule has 3 rings (SSSR count). The van der Waals surface area contributed by atoms with E-state index in [-0.39, 0.29) is 11.4 Å². The fraction of sp³-hybridized carbons (Fsp3) is 0.188. The summed E-state index contributed by atoms with van der Waals surface area (Å²) in [5.41, 5.74) is 0.629. The minimum atomic E-state index is -4.74. The number of halogens is 5. The standard InChI is InChI=1S/C16H10Cl2F3N3O2/c17-11-2-1-9(7-12(11)18)3-5-24-6-4-10(8-13(24)25)14-22-15(26-23-14)16(19,20)21/h1-2,4,6-8H,3,5H2. The Morgan fingerprint density at radius 3 is 2.50 bits per heavy atom. The molecule has 0 N–H and O–H groups in total. The number of pyridine rings is 1. The summed E-state index contributed by atoms with van der Waals surface area (Å²) in [5, 5.41) is 4.11. The Bertz CT molecular complexity index is 999. The highest BCUT2D eigenvalue weighted by molar-refractivity contribution is 6.42. The second-order valence-electron chi connectivity index (χ2n) is 5.37. The molecule has 0 saturated heterocycles. The van der Waals surface area contributed by atoms with E-state index in [0.717, 1.165) is 11.6 Å². The molecule has 0 radical (unpaired) electrons. The van der Waals surface area contributed by atoms with Gasteiger partial charge < -0.3 is 9.09 Å². The number of aromatic nitrogens is 3. The van der Waals surface area contributed by atoms with Gasteiger partial charge in [0.2, 0.25) is 5.82 Å². The van der Waals surface area contributed by atoms with Crippen LogP contribution in [0, 0.1) is 0 Å². The van der Waals surface area contributed by atoms with Crippen LogP contribution in [0.4, 0.5) is 13.2 Å². The molecule has 2 heterocycles. The van der Waals surface area contributed by atoms with Crippen molar-refractivity contribution in [2.45, 2.75) is 19.1 Å². The average molecular weight is 404 g/mol. The molecule has 0 fully saturated rings. The van der Waals surface area contributed by atoms with Gasteiger partial charge in [0.25, 0.3) is 5.56 Å². The molecule has 0 bridgehead atoms. The molecule has 5 nitrogen and oxygen atoms in total. The van der Waals surface area contributed by atoms with Crippen LogP contribution >= 0.6 is 23.2 Å². The Kier molecular flexibility index (Phi) is 5.06. The van der Waals surface area contributed by atoms with Crippen LogP contribution in [0.2, 0.25) is 10.0 Å². The van der Waals surface area contributed by atoms with E-state index in [0.29, 0.717) is 23.0 Å². The van der Waals surface area contributed by atoms with Gasteiger partial charge in [-0.2, -0.15) is 18.2 Å². The van der Waals surface area contributed by atoms with Crippen molar-refractivity contribution in [2.75, 3.05) is 0 Å². The maximum absolute atomic E-state index is 12.5. The van der Waals surface area contributed by atoms with E-state index in [1.807, 2.05) is 0 Å². The van der Waals surface area contributed by atoms with Crippen LogP contribution in [0.25, 0.3) is 11.4 Å². The molecule has 0 aliphatic carbocycles. The molecule has 136 valence electrons. The molecule has 1 aromatic carbocycles. The summed E-state index contributed by atoms with van der Waals surface area (Å²) >= 11 is 11.8. The molecular weight excluding hydrogens is 394 g/mol. The molecule has 0 aliphatic heterocycles. The molecule has 26 heavy (non-hydrogen) atoms. The Balaban J connectivity index is 1.76. The smallest absolute Gasteiger partial charge is 0.329 e. The van der Waals surface area contributed by atoms with Gasteiger partial charge in [-0.05, 0) is 30.2 Å². The Hall–Kier alpha value is -2.32. The first-order chi connectivity index (χ1) is 12.2. The van der Waals surface area contributed by atoms with E-state index in [9.17, 15) is 18.0 Å². The van der Waals surface area contributed by atoms with E-state index in [4.69, 9.17) is 23.2 Å². The lowest BCUT2D eigenvalue weighted by Gasteiger charge is -2.07. The molecule has 10 heteroatoms. The molecule has 0 amide bonds. The monoisotopic (exact) mass is 403 g/mol. The van der Waals surface area contributed by atoms with Crippen LogP contribution in [0.1, 0.15) is 11.5 Å². The fourth-order valence-corrected chi connectivity index (χ4v) is 2.55. The second kappa shape index (κ2) is 7.13. The van der Waals surface area contributed by atoms with E-state index in [2.05, 4.69) is 14.7 Å². The summed E-state index contributed by atoms with van der Waals surface area (Å²) in [6.07, 6.45) is -2.75. The van der Waals surface area contributed by atoms with E-state index >= 15 is 0 Å². The van der Waals surface area contributed by atoms with Crippen molar-refractivity contribution in [1.82, 2.24) is 14.7 Å². The fourth-order valence-electron chi connectivity index (χ4n) is 2.23. The predicted molar refractivity (Wildman–Crippen MR) is 89.2 cm³/mol. The lowest BCUT2D eigenvalue weighted by atomic mass is 10.1. The van der Waals surface area contributed by atoms with Crippen molar-refractivity contribution in [1.29, 1.82) is 0 Å². The Morgan fingerprint density at radius 2 is 1.88 bits per heavy atom. The molecule has 0 atom stereocenters. The maximum atomic E-state index is 12.5. The number of benzene rings is 1. The Morgan fingerprint density at radius 1 is 1.12 bits per heavy atom. The van der Waals surface area contributed by atoms with Crippen LogP contribution in [0.3, 0.4) is 0 Å². The first-order valence-corrected chi connectivity index (χ1v) is 8.05. The third-order valence-electron chi connectivity index (χ3n) is 3.55. The highest BCUT2D eigenvalue weighted by Gasteiger charge is 2.38. The van der Waals surface area contributed by atoms with Gasteiger partial charge >= 0.3 is 12.1 Å². The topological polar surface area (TPSA) is 60.9 Å². The van der Waals surface area contributed by atoms with Gasteiger partial charge in [0.05, 0.1) is 10.0 Å². The van der Waals surface area contributed by atoms with Gasteiger partial charge in [-0.1, -0.05) is 34.4 Å². The zero-order chi connectivity index (χ0) is 18.9. The van der Waals surface area contributed by atoms with Crippen LogP contribution < -0.4 is 5.56 Å². The molecule has 0 spiro atoms. The number of hydrogen-bond acceptors (Lipinski definition) is 4. The molecule has 0 aliphatic rings. The zero-order valence-electron chi connectivity index (χ0n) is 12.9. The molecule has 3 aromatic rings. The van der Waals surface area contributed by atoms with Crippen molar-refractivity contribution in [3.63, 3.8) is 0 Å². The van der Waals surface area contributed by atoms with Crippen molar-refractivity contribution in [3.8, 4) is 11.4 Å². The largest absolute Gasteiger partial charge is 0.471 e. The zero-order valence-corrected chi connectivity index (χ0v) is 14.4. The molecule has 2 aromatic heterocycles. The van der Waals surface area contributed by atoms with Gasteiger partial charge in [0.1, 0.15) is 0 Å². The highest BCUT2D eigenvalue weighted by Crippen LogP contribution is 2.29. The van der Waals surface area contributed by atoms with Gasteiger partial charge in [0.15, 0.2) is 0 Å². The average Bonchev–Trinajstić information content (AvgIpc) is 3.07. The summed E-state index contributed by atoms with van der Waals surface area (Å²) in [4.78, 5) is 15.4. The van der Waals surface area contributed by atoms with Gasteiger partial charge in [-0.15, -0.1) is 0 Å². The predicted octanol–water partition coefficient (Wildman–Crippen LogP) is 4.47. The summed E-state index contributed by atoms with van der Waals surface area (Å²) in [6, 6.07) is 7.77. The third-order valence-corrected chi connectivity index (χ3v) is 4.29. The van der Waals surface area contributed by atoms with Crippen LogP contribution in [0.5, 0.6) is 0 Å². The minimum absolute atomic E-state index is 0.139. The van der Waals surface area contributed by atoms with Gasteiger partial charge in [-0.25, -0.2) is 0 Å². The maximum Gasteiger partial charge on any atom is 0.471 e. The molecule has 0 saturated carbocycles. The third kappa shape index (κ3) is 4.08. The SMILES string of the molecule is O=c1cc(-c2noc(C(F)(F)F)n2)ccn1CCc1ccc(Cl)c(Cl)c1. The van der Waals surface area contributed by atoms with E-state index < -0.39 is 17.6 Å². The number of rotatable bonds is 4. The first-order valence-electron chi connectivity index (χ1n) is 7.30. The number of nitrogens with zero attached hydrogens (tertiary/aromatic N) is 3. The van der Waals surface area contributed by atoms with Crippen molar-refractivity contribution < 1.29 is 17.7 Å².